The molecule has 5 nitrogen and oxygen atoms in total. The van der Waals surface area contributed by atoms with Crippen molar-refractivity contribution in [1.82, 2.24) is 0 Å². The molecule has 0 amide bonds. The summed E-state index contributed by atoms with van der Waals surface area (Å²) in [4.78, 5) is 0. The third kappa shape index (κ3) is 8.22. The molecule has 6 aromatic carbocycles. The highest BCUT2D eigenvalue weighted by atomic mass is 19.1. The van der Waals surface area contributed by atoms with Gasteiger partial charge < -0.3 is 23.7 Å². The molecule has 0 fully saturated rings. The van der Waals surface area contributed by atoms with Crippen LogP contribution in [-0.4, -0.2) is 0 Å². The molecular formula is C43H37FO5. The highest BCUT2D eigenvalue weighted by Crippen LogP contribution is 2.45. The predicted octanol–water partition coefficient (Wildman–Crippen LogP) is 10.2. The third-order valence-corrected chi connectivity index (χ3v) is 8.44. The van der Waals surface area contributed by atoms with Gasteiger partial charge in [-0.15, -0.1) is 0 Å². The summed E-state index contributed by atoms with van der Waals surface area (Å²) in [6, 6.07) is 46.6. The molecule has 49 heavy (non-hydrogen) atoms. The van der Waals surface area contributed by atoms with Crippen LogP contribution in [0.25, 0.3) is 0 Å². The van der Waals surface area contributed by atoms with Crippen molar-refractivity contribution in [2.45, 2.75) is 45.4 Å². The predicted molar refractivity (Wildman–Crippen MR) is 188 cm³/mol. The fraction of sp³-hybridized carbons (Fsp3) is 0.163. The van der Waals surface area contributed by atoms with Gasteiger partial charge in [-0.2, -0.15) is 0 Å². The SMILES string of the molecule is Fc1cc(OCc2ccccc2)c(OCc2ccccc2)cc1C1CCc2c(OCc3ccccc3)cc(OCc3ccccc3)cc2O1. The normalized spacial score (nSPS) is 13.5. The summed E-state index contributed by atoms with van der Waals surface area (Å²) in [5, 5.41) is 0. The second-order valence-electron chi connectivity index (χ2n) is 12.0. The molecule has 6 heteroatoms. The van der Waals surface area contributed by atoms with Gasteiger partial charge in [0, 0.05) is 29.3 Å². The van der Waals surface area contributed by atoms with Gasteiger partial charge in [-0.1, -0.05) is 121 Å². The molecule has 1 atom stereocenters. The van der Waals surface area contributed by atoms with Gasteiger partial charge in [-0.25, -0.2) is 4.39 Å². The first-order valence-corrected chi connectivity index (χ1v) is 16.5. The van der Waals surface area contributed by atoms with Crippen molar-refractivity contribution in [3.63, 3.8) is 0 Å². The Morgan fingerprint density at radius 2 is 0.959 bits per heavy atom. The van der Waals surface area contributed by atoms with Crippen LogP contribution in [0.2, 0.25) is 0 Å². The van der Waals surface area contributed by atoms with Crippen molar-refractivity contribution >= 4 is 0 Å². The fourth-order valence-electron chi connectivity index (χ4n) is 5.84. The molecule has 0 spiro atoms. The van der Waals surface area contributed by atoms with E-state index < -0.39 is 11.9 Å². The van der Waals surface area contributed by atoms with Crippen LogP contribution in [0.5, 0.6) is 28.7 Å². The third-order valence-electron chi connectivity index (χ3n) is 8.44. The van der Waals surface area contributed by atoms with Crippen LogP contribution >= 0.6 is 0 Å². The Labute approximate surface area is 286 Å². The molecule has 0 aromatic heterocycles. The summed E-state index contributed by atoms with van der Waals surface area (Å²) in [6.07, 6.45) is 0.633. The summed E-state index contributed by atoms with van der Waals surface area (Å²) >= 11 is 0. The van der Waals surface area contributed by atoms with Gasteiger partial charge in [-0.05, 0) is 41.2 Å². The molecule has 6 aromatic rings. The Bertz CT molecular complexity index is 1950. The van der Waals surface area contributed by atoms with Crippen LogP contribution in [-0.2, 0) is 32.8 Å². The summed E-state index contributed by atoms with van der Waals surface area (Å²) in [7, 11) is 0. The van der Waals surface area contributed by atoms with Crippen molar-refractivity contribution in [3.8, 4) is 28.7 Å². The lowest BCUT2D eigenvalue weighted by Gasteiger charge is -2.29. The van der Waals surface area contributed by atoms with Crippen molar-refractivity contribution in [1.29, 1.82) is 0 Å². The zero-order chi connectivity index (χ0) is 33.3. The maximum absolute atomic E-state index is 16.0. The van der Waals surface area contributed by atoms with E-state index in [0.29, 0.717) is 67.0 Å². The highest BCUT2D eigenvalue weighted by molar-refractivity contribution is 5.53. The Morgan fingerprint density at radius 3 is 1.47 bits per heavy atom. The molecule has 1 unspecified atom stereocenters. The minimum Gasteiger partial charge on any atom is -0.489 e. The van der Waals surface area contributed by atoms with Crippen LogP contribution in [0.3, 0.4) is 0 Å². The Morgan fingerprint density at radius 1 is 0.510 bits per heavy atom. The zero-order valence-electron chi connectivity index (χ0n) is 27.1. The quantitative estimate of drug-likeness (QED) is 0.124. The van der Waals surface area contributed by atoms with E-state index in [0.717, 1.165) is 27.8 Å². The minimum absolute atomic E-state index is 0.284. The Balaban J connectivity index is 1.16. The van der Waals surface area contributed by atoms with E-state index >= 15 is 4.39 Å². The molecular weight excluding hydrogens is 615 g/mol. The van der Waals surface area contributed by atoms with Crippen LogP contribution in [0.4, 0.5) is 4.39 Å². The molecule has 1 aliphatic heterocycles. The van der Waals surface area contributed by atoms with E-state index in [4.69, 9.17) is 23.7 Å². The van der Waals surface area contributed by atoms with Gasteiger partial charge >= 0.3 is 0 Å². The largest absolute Gasteiger partial charge is 0.489 e. The van der Waals surface area contributed by atoms with E-state index in [1.165, 1.54) is 6.07 Å². The van der Waals surface area contributed by atoms with Crippen molar-refractivity contribution < 1.29 is 28.1 Å². The second-order valence-corrected chi connectivity index (χ2v) is 12.0. The Kier molecular flexibility index (Phi) is 10.0. The van der Waals surface area contributed by atoms with Crippen LogP contribution in [0, 0.1) is 5.82 Å². The van der Waals surface area contributed by atoms with Crippen molar-refractivity contribution in [3.05, 3.63) is 185 Å². The zero-order valence-corrected chi connectivity index (χ0v) is 27.1. The number of ether oxygens (including phenoxy) is 5. The average molecular weight is 653 g/mol. The topological polar surface area (TPSA) is 46.2 Å². The van der Waals surface area contributed by atoms with Crippen LogP contribution in [0.15, 0.2) is 146 Å². The van der Waals surface area contributed by atoms with Crippen molar-refractivity contribution in [2.75, 3.05) is 0 Å². The number of fused-ring (bicyclic) bond motifs is 1. The monoisotopic (exact) mass is 652 g/mol. The lowest BCUT2D eigenvalue weighted by molar-refractivity contribution is 0.165. The number of halogens is 1. The molecule has 7 rings (SSSR count). The number of hydrogen-bond acceptors (Lipinski definition) is 5. The van der Waals surface area contributed by atoms with E-state index in [9.17, 15) is 0 Å². The van der Waals surface area contributed by atoms with E-state index in [1.54, 1.807) is 6.07 Å². The standard InChI is InChI=1S/C43H37FO5/c44-38-26-43(48-30-34-19-11-4-12-20-34)42(47-29-33-17-9-3-10-18-33)25-37(38)39-22-21-36-40(46-28-32-15-7-2-8-16-32)23-35(24-41(36)49-39)45-27-31-13-5-1-6-14-31/h1-20,23-26,39H,21-22,27-30H2. The average Bonchev–Trinajstić information content (AvgIpc) is 3.16. The molecule has 0 saturated heterocycles. The first-order valence-electron chi connectivity index (χ1n) is 16.5. The smallest absolute Gasteiger partial charge is 0.164 e. The summed E-state index contributed by atoms with van der Waals surface area (Å²) in [5.74, 6) is 2.30. The lowest BCUT2D eigenvalue weighted by Crippen LogP contribution is -2.18. The second kappa shape index (κ2) is 15.4. The maximum atomic E-state index is 16.0. The first kappa shape index (κ1) is 31.8. The van der Waals surface area contributed by atoms with E-state index in [1.807, 2.05) is 133 Å². The molecule has 0 saturated carbocycles. The van der Waals surface area contributed by atoms with E-state index in [2.05, 4.69) is 0 Å². The molecule has 0 radical (unpaired) electrons. The molecule has 246 valence electrons. The lowest BCUT2D eigenvalue weighted by atomic mass is 9.96. The molecule has 1 aliphatic rings. The maximum Gasteiger partial charge on any atom is 0.164 e. The highest BCUT2D eigenvalue weighted by Gasteiger charge is 2.29. The Hall–Kier alpha value is -5.75. The van der Waals surface area contributed by atoms with Gasteiger partial charge in [0.05, 0.1) is 0 Å². The van der Waals surface area contributed by atoms with Gasteiger partial charge in [0.1, 0.15) is 55.6 Å². The fourth-order valence-corrected chi connectivity index (χ4v) is 5.84. The van der Waals surface area contributed by atoms with Gasteiger partial charge in [0.15, 0.2) is 11.5 Å². The van der Waals surface area contributed by atoms with Gasteiger partial charge in [0.2, 0.25) is 0 Å². The number of rotatable bonds is 13. The molecule has 0 N–H and O–H groups in total. The molecule has 1 heterocycles. The number of hydrogen-bond donors (Lipinski definition) is 0. The van der Waals surface area contributed by atoms with Crippen LogP contribution in [0.1, 0.15) is 45.9 Å². The van der Waals surface area contributed by atoms with Gasteiger partial charge in [0.25, 0.3) is 0 Å². The first-order chi connectivity index (χ1) is 24.2. The summed E-state index contributed by atoms with van der Waals surface area (Å²) in [5.41, 5.74) is 5.41. The van der Waals surface area contributed by atoms with Gasteiger partial charge in [-0.3, -0.25) is 0 Å². The summed E-state index contributed by atoms with van der Waals surface area (Å²) in [6.45, 7) is 1.39. The summed E-state index contributed by atoms with van der Waals surface area (Å²) < 4.78 is 47.5. The van der Waals surface area contributed by atoms with E-state index in [-0.39, 0.29) is 6.61 Å². The van der Waals surface area contributed by atoms with Crippen LogP contribution < -0.4 is 23.7 Å². The van der Waals surface area contributed by atoms with Crippen molar-refractivity contribution in [2.24, 2.45) is 0 Å². The molecule has 0 aliphatic carbocycles. The molecule has 0 bridgehead atoms. The minimum atomic E-state index is -0.555. The number of benzene rings is 6.